The highest BCUT2D eigenvalue weighted by Crippen LogP contribution is 2.35. The van der Waals surface area contributed by atoms with E-state index in [9.17, 15) is 9.18 Å². The predicted molar refractivity (Wildman–Crippen MR) is 126 cm³/mol. The number of H-pyrrole nitrogens is 1. The minimum Gasteiger partial charge on any atom is -0.384 e. The number of hydrogen-bond donors (Lipinski definition) is 1. The van der Waals surface area contributed by atoms with Crippen molar-refractivity contribution in [2.24, 2.45) is 0 Å². The van der Waals surface area contributed by atoms with Gasteiger partial charge in [-0.2, -0.15) is 0 Å². The number of rotatable bonds is 8. The van der Waals surface area contributed by atoms with Gasteiger partial charge in [-0.15, -0.1) is 0 Å². The lowest BCUT2D eigenvalue weighted by molar-refractivity contribution is -0.126. The van der Waals surface area contributed by atoms with E-state index in [0.717, 1.165) is 41.1 Å². The molecule has 0 atom stereocenters. The van der Waals surface area contributed by atoms with E-state index in [2.05, 4.69) is 15.0 Å². The van der Waals surface area contributed by atoms with Crippen LogP contribution in [-0.4, -0.2) is 63.3 Å². The number of piperidine rings is 1. The number of carbonyl (C=O) groups excluding carboxylic acids is 1. The van der Waals surface area contributed by atoms with Crippen molar-refractivity contribution in [1.29, 1.82) is 0 Å². The molecule has 4 rings (SSSR count). The van der Waals surface area contributed by atoms with Crippen LogP contribution in [0.15, 0.2) is 54.2 Å². The van der Waals surface area contributed by atoms with Crippen LogP contribution in [0.3, 0.4) is 0 Å². The van der Waals surface area contributed by atoms with Gasteiger partial charge in [-0.1, -0.05) is 23.9 Å². The van der Waals surface area contributed by atoms with Gasteiger partial charge in [0.2, 0.25) is 5.91 Å². The lowest BCUT2D eigenvalue weighted by Gasteiger charge is -2.32. The summed E-state index contributed by atoms with van der Waals surface area (Å²) in [7, 11) is 1.67. The molecule has 0 unspecified atom stereocenters. The van der Waals surface area contributed by atoms with Crippen LogP contribution in [0.4, 0.5) is 4.39 Å². The Balaban J connectivity index is 1.50. The second-order valence-corrected chi connectivity index (χ2v) is 8.81. The second kappa shape index (κ2) is 11.2. The van der Waals surface area contributed by atoms with Crippen molar-refractivity contribution in [1.82, 2.24) is 24.8 Å². The molecule has 1 saturated heterocycles. The Morgan fingerprint density at radius 3 is 2.91 bits per heavy atom. The van der Waals surface area contributed by atoms with Crippen molar-refractivity contribution in [2.75, 3.05) is 32.6 Å². The molecule has 0 saturated carbocycles. The normalized spacial score (nSPS) is 14.8. The number of likely N-dealkylation sites (tertiary alicyclic amines) is 1. The summed E-state index contributed by atoms with van der Waals surface area (Å²) in [5, 5.41) is 0.684. The third-order valence-electron chi connectivity index (χ3n) is 5.57. The number of carbonyl (C=O) groups is 1. The summed E-state index contributed by atoms with van der Waals surface area (Å²) in [6, 6.07) is 6.52. The molecule has 1 amide bonds. The van der Waals surface area contributed by atoms with E-state index in [0.29, 0.717) is 24.9 Å². The number of methoxy groups -OCH3 is 1. The van der Waals surface area contributed by atoms with E-state index in [1.807, 2.05) is 11.0 Å². The molecule has 33 heavy (non-hydrogen) atoms. The molecule has 1 aliphatic rings. The van der Waals surface area contributed by atoms with Gasteiger partial charge in [-0.05, 0) is 36.6 Å². The fraction of sp³-hybridized carbons (Fsp3) is 0.333. The van der Waals surface area contributed by atoms with Crippen molar-refractivity contribution in [3.05, 3.63) is 66.3 Å². The number of aromatic nitrogens is 4. The SMILES string of the molecule is COCCSc1ncc(-c2cccc(F)c2)c(C2CCN(C(=O)C=Cc3cnc[nH]3)CC2)n1. The van der Waals surface area contributed by atoms with Crippen molar-refractivity contribution in [3.8, 4) is 11.1 Å². The van der Waals surface area contributed by atoms with Gasteiger partial charge >= 0.3 is 0 Å². The van der Waals surface area contributed by atoms with Crippen LogP contribution in [-0.2, 0) is 9.53 Å². The smallest absolute Gasteiger partial charge is 0.246 e. The largest absolute Gasteiger partial charge is 0.384 e. The average Bonchev–Trinajstić information content (AvgIpc) is 3.36. The van der Waals surface area contributed by atoms with E-state index in [-0.39, 0.29) is 17.6 Å². The Bertz CT molecular complexity index is 1100. The zero-order valence-electron chi connectivity index (χ0n) is 18.4. The predicted octanol–water partition coefficient (Wildman–Crippen LogP) is 4.16. The monoisotopic (exact) mass is 467 g/mol. The molecular formula is C24H26FN5O2S. The highest BCUT2D eigenvalue weighted by Gasteiger charge is 2.26. The maximum absolute atomic E-state index is 13.9. The van der Waals surface area contributed by atoms with Crippen LogP contribution < -0.4 is 0 Å². The first kappa shape index (κ1) is 23.1. The number of imidazole rings is 1. The van der Waals surface area contributed by atoms with E-state index in [4.69, 9.17) is 9.72 Å². The van der Waals surface area contributed by atoms with E-state index in [1.165, 1.54) is 23.9 Å². The third kappa shape index (κ3) is 6.06. The van der Waals surface area contributed by atoms with Crippen molar-refractivity contribution in [2.45, 2.75) is 23.9 Å². The number of aromatic amines is 1. The number of benzene rings is 1. The molecule has 0 spiro atoms. The van der Waals surface area contributed by atoms with Gasteiger partial charge in [-0.25, -0.2) is 19.3 Å². The van der Waals surface area contributed by atoms with Gasteiger partial charge in [0.1, 0.15) is 5.82 Å². The fourth-order valence-corrected chi connectivity index (χ4v) is 4.57. The van der Waals surface area contributed by atoms with Crippen LogP contribution in [0, 0.1) is 5.82 Å². The summed E-state index contributed by atoms with van der Waals surface area (Å²) in [5.41, 5.74) is 3.31. The zero-order chi connectivity index (χ0) is 23.0. The number of ether oxygens (including phenoxy) is 1. The molecule has 172 valence electrons. The Kier molecular flexibility index (Phi) is 7.85. The quantitative estimate of drug-likeness (QED) is 0.232. The molecule has 1 fully saturated rings. The highest BCUT2D eigenvalue weighted by molar-refractivity contribution is 7.99. The Hall–Kier alpha value is -3.04. The standard InChI is InChI=1S/C24H26FN5O2S/c1-32-11-12-33-24-27-15-21(18-3-2-4-19(25)13-18)23(29-24)17-7-9-30(10-8-17)22(31)6-5-20-14-26-16-28-20/h2-6,13-17H,7-12H2,1H3,(H,26,28). The first-order valence-electron chi connectivity index (χ1n) is 10.8. The molecule has 2 aromatic heterocycles. The topological polar surface area (TPSA) is 84.0 Å². The molecule has 1 N–H and O–H groups in total. The van der Waals surface area contributed by atoms with Gasteiger partial charge < -0.3 is 14.6 Å². The molecule has 0 aliphatic carbocycles. The number of hydrogen-bond acceptors (Lipinski definition) is 6. The lowest BCUT2D eigenvalue weighted by atomic mass is 9.89. The van der Waals surface area contributed by atoms with Crippen LogP contribution in [0.1, 0.15) is 30.1 Å². The molecule has 1 aromatic carbocycles. The van der Waals surface area contributed by atoms with E-state index in [1.54, 1.807) is 44.0 Å². The zero-order valence-corrected chi connectivity index (χ0v) is 19.2. The summed E-state index contributed by atoms with van der Waals surface area (Å²) in [4.78, 5) is 30.7. The molecule has 3 heterocycles. The van der Waals surface area contributed by atoms with E-state index < -0.39 is 0 Å². The average molecular weight is 468 g/mol. The summed E-state index contributed by atoms with van der Waals surface area (Å²) < 4.78 is 19.0. The van der Waals surface area contributed by atoms with Gasteiger partial charge in [0.15, 0.2) is 5.16 Å². The van der Waals surface area contributed by atoms with Crippen LogP contribution in [0.2, 0.25) is 0 Å². The fourth-order valence-electron chi connectivity index (χ4n) is 3.85. The Morgan fingerprint density at radius 2 is 2.18 bits per heavy atom. The van der Waals surface area contributed by atoms with Crippen molar-refractivity contribution in [3.63, 3.8) is 0 Å². The molecule has 1 aliphatic heterocycles. The summed E-state index contributed by atoms with van der Waals surface area (Å²) in [5.74, 6) is 0.604. The summed E-state index contributed by atoms with van der Waals surface area (Å²) >= 11 is 1.54. The third-order valence-corrected chi connectivity index (χ3v) is 6.39. The van der Waals surface area contributed by atoms with Gasteiger partial charge in [0, 0.05) is 49.7 Å². The number of nitrogens with zero attached hydrogens (tertiary/aromatic N) is 4. The Morgan fingerprint density at radius 1 is 1.33 bits per heavy atom. The number of thioether (sulfide) groups is 1. The van der Waals surface area contributed by atoms with Crippen molar-refractivity contribution >= 4 is 23.7 Å². The summed E-state index contributed by atoms with van der Waals surface area (Å²) in [6.45, 7) is 1.88. The van der Waals surface area contributed by atoms with Crippen LogP contribution in [0.5, 0.6) is 0 Å². The number of nitrogens with one attached hydrogen (secondary N) is 1. The number of halogens is 1. The molecule has 0 radical (unpaired) electrons. The van der Waals surface area contributed by atoms with Crippen LogP contribution in [0.25, 0.3) is 17.2 Å². The first-order valence-corrected chi connectivity index (χ1v) is 11.8. The maximum atomic E-state index is 13.9. The lowest BCUT2D eigenvalue weighted by Crippen LogP contribution is -2.37. The minimum atomic E-state index is -0.290. The first-order chi connectivity index (χ1) is 16.1. The van der Waals surface area contributed by atoms with Gasteiger partial charge in [0.25, 0.3) is 0 Å². The highest BCUT2D eigenvalue weighted by atomic mass is 32.2. The molecule has 3 aromatic rings. The van der Waals surface area contributed by atoms with Gasteiger partial charge in [-0.3, -0.25) is 4.79 Å². The minimum absolute atomic E-state index is 0.0214. The van der Waals surface area contributed by atoms with E-state index >= 15 is 0 Å². The van der Waals surface area contributed by atoms with Crippen LogP contribution >= 0.6 is 11.8 Å². The Labute approximate surface area is 196 Å². The molecule has 9 heteroatoms. The number of amides is 1. The molecular weight excluding hydrogens is 441 g/mol. The van der Waals surface area contributed by atoms with Crippen molar-refractivity contribution < 1.29 is 13.9 Å². The molecule has 0 bridgehead atoms. The summed E-state index contributed by atoms with van der Waals surface area (Å²) in [6.07, 6.45) is 9.91. The van der Waals surface area contributed by atoms with Gasteiger partial charge in [0.05, 0.1) is 30.5 Å². The maximum Gasteiger partial charge on any atom is 0.246 e. The molecule has 7 nitrogen and oxygen atoms in total. The second-order valence-electron chi connectivity index (χ2n) is 7.74.